The SMILES string of the molecule is c1ccc(-c2c3ccccc3c(-c3coc4ccc([Si](c5ccccc5)(c5ccccc5)c5ccccc5)cc34)c3ccccc23)cc1. The van der Waals surface area contributed by atoms with E-state index in [2.05, 4.69) is 188 Å². The van der Waals surface area contributed by atoms with Gasteiger partial charge in [0.05, 0.1) is 6.26 Å². The summed E-state index contributed by atoms with van der Waals surface area (Å²) in [6.45, 7) is 0. The highest BCUT2D eigenvalue weighted by Gasteiger charge is 2.41. The Morgan fingerprint density at radius 1 is 0.333 bits per heavy atom. The summed E-state index contributed by atoms with van der Waals surface area (Å²) >= 11 is 0. The molecular formula is C46H32OSi. The highest BCUT2D eigenvalue weighted by molar-refractivity contribution is 7.20. The largest absolute Gasteiger partial charge is 0.464 e. The van der Waals surface area contributed by atoms with Gasteiger partial charge < -0.3 is 4.42 Å². The van der Waals surface area contributed by atoms with E-state index in [0.29, 0.717) is 0 Å². The van der Waals surface area contributed by atoms with Gasteiger partial charge in [-0.15, -0.1) is 0 Å². The average molecular weight is 629 g/mol. The van der Waals surface area contributed by atoms with Crippen molar-refractivity contribution in [3.05, 3.63) is 194 Å². The molecular weight excluding hydrogens is 597 g/mol. The lowest BCUT2D eigenvalue weighted by Crippen LogP contribution is -2.74. The Bertz CT molecular complexity index is 2380. The van der Waals surface area contributed by atoms with Crippen molar-refractivity contribution in [2.45, 2.75) is 0 Å². The maximum atomic E-state index is 6.42. The zero-order chi connectivity index (χ0) is 31.9. The average Bonchev–Trinajstić information content (AvgIpc) is 3.59. The third-order valence-corrected chi connectivity index (χ3v) is 14.7. The summed E-state index contributed by atoms with van der Waals surface area (Å²) in [6, 6.07) is 68.7. The smallest absolute Gasteiger partial charge is 0.179 e. The van der Waals surface area contributed by atoms with Crippen molar-refractivity contribution in [3.63, 3.8) is 0 Å². The van der Waals surface area contributed by atoms with Crippen LogP contribution in [0, 0.1) is 0 Å². The van der Waals surface area contributed by atoms with Crippen LogP contribution in [0.2, 0.25) is 0 Å². The molecule has 226 valence electrons. The Labute approximate surface area is 281 Å². The van der Waals surface area contributed by atoms with E-state index in [9.17, 15) is 0 Å². The molecule has 0 amide bonds. The van der Waals surface area contributed by atoms with E-state index in [1.165, 1.54) is 59.0 Å². The molecule has 48 heavy (non-hydrogen) atoms. The Morgan fingerprint density at radius 2 is 0.750 bits per heavy atom. The fourth-order valence-electron chi connectivity index (χ4n) is 7.85. The lowest BCUT2D eigenvalue weighted by molar-refractivity contribution is 0.617. The summed E-state index contributed by atoms with van der Waals surface area (Å²) in [5.41, 5.74) is 5.72. The van der Waals surface area contributed by atoms with Gasteiger partial charge in [-0.05, 0) is 59.5 Å². The molecule has 0 fully saturated rings. The number of furan rings is 1. The minimum absolute atomic E-state index is 0.895. The highest BCUT2D eigenvalue weighted by atomic mass is 28.3. The molecule has 9 aromatic rings. The summed E-state index contributed by atoms with van der Waals surface area (Å²) in [7, 11) is -2.72. The molecule has 0 atom stereocenters. The van der Waals surface area contributed by atoms with Crippen molar-refractivity contribution < 1.29 is 4.42 Å². The normalized spacial score (nSPS) is 11.8. The van der Waals surface area contributed by atoms with Gasteiger partial charge in [-0.25, -0.2) is 0 Å². The molecule has 2 heteroatoms. The van der Waals surface area contributed by atoms with Gasteiger partial charge in [-0.2, -0.15) is 0 Å². The zero-order valence-corrected chi connectivity index (χ0v) is 27.4. The van der Waals surface area contributed by atoms with Crippen molar-refractivity contribution in [2.24, 2.45) is 0 Å². The van der Waals surface area contributed by atoms with Gasteiger partial charge >= 0.3 is 0 Å². The van der Waals surface area contributed by atoms with Crippen LogP contribution in [0.3, 0.4) is 0 Å². The molecule has 0 saturated heterocycles. The maximum Gasteiger partial charge on any atom is 0.179 e. The van der Waals surface area contributed by atoms with Crippen molar-refractivity contribution in [2.75, 3.05) is 0 Å². The molecule has 0 radical (unpaired) electrons. The van der Waals surface area contributed by atoms with Gasteiger partial charge in [0.15, 0.2) is 8.07 Å². The summed E-state index contributed by atoms with van der Waals surface area (Å²) in [5.74, 6) is 0. The van der Waals surface area contributed by atoms with E-state index in [4.69, 9.17) is 4.42 Å². The molecule has 0 aliphatic carbocycles. The van der Waals surface area contributed by atoms with E-state index in [-0.39, 0.29) is 0 Å². The quantitative estimate of drug-likeness (QED) is 0.102. The van der Waals surface area contributed by atoms with Crippen LogP contribution in [0.5, 0.6) is 0 Å². The van der Waals surface area contributed by atoms with Gasteiger partial charge in [-0.1, -0.05) is 182 Å². The van der Waals surface area contributed by atoms with Crippen molar-refractivity contribution >= 4 is 61.3 Å². The number of hydrogen-bond acceptors (Lipinski definition) is 1. The van der Waals surface area contributed by atoms with Gasteiger partial charge in [0.25, 0.3) is 0 Å². The Balaban J connectivity index is 1.38. The predicted octanol–water partition coefficient (Wildman–Crippen LogP) is 9.45. The van der Waals surface area contributed by atoms with E-state index < -0.39 is 8.07 Å². The van der Waals surface area contributed by atoms with Crippen LogP contribution in [0.1, 0.15) is 0 Å². The van der Waals surface area contributed by atoms with Crippen molar-refractivity contribution in [1.82, 2.24) is 0 Å². The first-order valence-corrected chi connectivity index (χ1v) is 18.5. The molecule has 0 aliphatic heterocycles. The summed E-state index contributed by atoms with van der Waals surface area (Å²) in [5, 5.41) is 11.5. The van der Waals surface area contributed by atoms with Crippen LogP contribution in [0.4, 0.5) is 0 Å². The molecule has 0 bridgehead atoms. The van der Waals surface area contributed by atoms with Crippen LogP contribution >= 0.6 is 0 Å². The van der Waals surface area contributed by atoms with Crippen molar-refractivity contribution in [1.29, 1.82) is 0 Å². The van der Waals surface area contributed by atoms with E-state index in [1.54, 1.807) is 0 Å². The predicted molar refractivity (Wildman–Crippen MR) is 206 cm³/mol. The van der Waals surface area contributed by atoms with Crippen LogP contribution < -0.4 is 20.7 Å². The fourth-order valence-corrected chi connectivity index (χ4v) is 12.6. The van der Waals surface area contributed by atoms with Crippen molar-refractivity contribution in [3.8, 4) is 22.3 Å². The lowest BCUT2D eigenvalue weighted by Gasteiger charge is -2.34. The summed E-state index contributed by atoms with van der Waals surface area (Å²) in [4.78, 5) is 0. The number of benzene rings is 8. The van der Waals surface area contributed by atoms with E-state index >= 15 is 0 Å². The molecule has 0 spiro atoms. The second-order valence-electron chi connectivity index (χ2n) is 12.4. The second-order valence-corrected chi connectivity index (χ2v) is 16.2. The molecule has 0 unspecified atom stereocenters. The number of rotatable bonds is 6. The number of hydrogen-bond donors (Lipinski definition) is 0. The minimum atomic E-state index is -2.72. The first-order valence-electron chi connectivity index (χ1n) is 16.5. The molecule has 1 nitrogen and oxygen atoms in total. The Kier molecular flexibility index (Phi) is 6.88. The zero-order valence-electron chi connectivity index (χ0n) is 26.4. The van der Waals surface area contributed by atoms with Crippen LogP contribution in [0.25, 0.3) is 54.8 Å². The molecule has 9 rings (SSSR count). The van der Waals surface area contributed by atoms with Crippen LogP contribution in [-0.2, 0) is 0 Å². The molecule has 0 N–H and O–H groups in total. The first-order chi connectivity index (χ1) is 23.8. The lowest BCUT2D eigenvalue weighted by atomic mass is 9.86. The third kappa shape index (κ3) is 4.38. The van der Waals surface area contributed by atoms with Gasteiger partial charge in [0, 0.05) is 16.5 Å². The first kappa shape index (κ1) is 28.3. The summed E-state index contributed by atoms with van der Waals surface area (Å²) in [6.07, 6.45) is 1.97. The molecule has 0 saturated carbocycles. The van der Waals surface area contributed by atoms with Gasteiger partial charge in [0.2, 0.25) is 0 Å². The van der Waals surface area contributed by atoms with Gasteiger partial charge in [-0.3, -0.25) is 0 Å². The third-order valence-electron chi connectivity index (χ3n) is 9.89. The Morgan fingerprint density at radius 3 is 1.23 bits per heavy atom. The van der Waals surface area contributed by atoms with Gasteiger partial charge in [0.1, 0.15) is 5.58 Å². The molecule has 1 heterocycles. The monoisotopic (exact) mass is 628 g/mol. The molecule has 8 aromatic carbocycles. The molecule has 0 aliphatic rings. The maximum absolute atomic E-state index is 6.42. The summed E-state index contributed by atoms with van der Waals surface area (Å²) < 4.78 is 6.42. The van der Waals surface area contributed by atoms with E-state index in [1.807, 2.05) is 6.26 Å². The van der Waals surface area contributed by atoms with E-state index in [0.717, 1.165) is 16.5 Å². The molecule has 1 aromatic heterocycles. The Hall–Kier alpha value is -5.96. The minimum Gasteiger partial charge on any atom is -0.464 e. The standard InChI is InChI=1S/C46H32OSi/c1-5-17-33(18-6-1)45-38-25-13-15-27-40(38)46(41-28-16-14-26-39(41)45)43-32-47-44-30-29-37(31-42(43)44)48(34-19-7-2-8-20-34,35-21-9-3-10-22-35)36-23-11-4-12-24-36/h1-32H. The van der Waals surface area contributed by atoms with Crippen LogP contribution in [-0.4, -0.2) is 8.07 Å². The highest BCUT2D eigenvalue weighted by Crippen LogP contribution is 2.45. The second kappa shape index (κ2) is 11.7. The van der Waals surface area contributed by atoms with Crippen LogP contribution in [0.15, 0.2) is 199 Å². The topological polar surface area (TPSA) is 13.1 Å². The fraction of sp³-hybridized carbons (Fsp3) is 0. The number of fused-ring (bicyclic) bond motifs is 3.